The molecule has 0 radical (unpaired) electrons. The molecular formula is C10H7BrF2N2S. The number of aryl methyl sites for hydroxylation is 1. The Morgan fingerprint density at radius 3 is 2.31 bits per heavy atom. The number of H-pyrrole nitrogens is 1. The quantitative estimate of drug-likeness (QED) is 0.793. The van der Waals surface area contributed by atoms with Gasteiger partial charge in [-0.1, -0.05) is 15.9 Å². The summed E-state index contributed by atoms with van der Waals surface area (Å²) in [5.41, 5.74) is 0.573. The van der Waals surface area contributed by atoms with E-state index in [2.05, 4.69) is 20.9 Å². The van der Waals surface area contributed by atoms with E-state index in [0.29, 0.717) is 4.47 Å². The highest BCUT2D eigenvalue weighted by atomic mass is 79.9. The van der Waals surface area contributed by atoms with E-state index in [0.717, 1.165) is 5.69 Å². The second-order valence-electron chi connectivity index (χ2n) is 3.33. The lowest BCUT2D eigenvalue weighted by molar-refractivity contribution is 0.567. The highest BCUT2D eigenvalue weighted by molar-refractivity contribution is 9.10. The van der Waals surface area contributed by atoms with E-state index in [1.54, 1.807) is 13.1 Å². The molecule has 0 bridgehead atoms. The predicted molar refractivity (Wildman–Crippen MR) is 63.3 cm³/mol. The van der Waals surface area contributed by atoms with Crippen molar-refractivity contribution in [3.8, 4) is 5.69 Å². The number of aromatic nitrogens is 2. The molecule has 0 aliphatic rings. The SMILES string of the molecule is Cc1cn(-c2c(F)cc(Br)cc2F)c(=S)[nH]1. The van der Waals surface area contributed by atoms with Gasteiger partial charge in [0.15, 0.2) is 16.4 Å². The van der Waals surface area contributed by atoms with Gasteiger partial charge in [-0.3, -0.25) is 4.57 Å². The molecule has 1 heterocycles. The highest BCUT2D eigenvalue weighted by Gasteiger charge is 2.13. The number of hydrogen-bond acceptors (Lipinski definition) is 1. The number of rotatable bonds is 1. The first-order valence-electron chi connectivity index (χ1n) is 4.42. The minimum Gasteiger partial charge on any atom is -0.335 e. The Hall–Kier alpha value is -1.01. The van der Waals surface area contributed by atoms with Gasteiger partial charge in [0.25, 0.3) is 0 Å². The number of hydrogen-bond donors (Lipinski definition) is 1. The molecule has 0 atom stereocenters. The number of nitrogens with zero attached hydrogens (tertiary/aromatic N) is 1. The largest absolute Gasteiger partial charge is 0.335 e. The molecule has 1 N–H and O–H groups in total. The van der Waals surface area contributed by atoms with Crippen molar-refractivity contribution in [3.05, 3.63) is 44.9 Å². The Bertz CT molecular complexity index is 580. The van der Waals surface area contributed by atoms with E-state index in [9.17, 15) is 8.78 Å². The Morgan fingerprint density at radius 2 is 1.88 bits per heavy atom. The van der Waals surface area contributed by atoms with Crippen molar-refractivity contribution < 1.29 is 8.78 Å². The summed E-state index contributed by atoms with van der Waals surface area (Å²) in [7, 11) is 0. The summed E-state index contributed by atoms with van der Waals surface area (Å²) in [6, 6.07) is 2.39. The van der Waals surface area contributed by atoms with Crippen LogP contribution in [0.5, 0.6) is 0 Å². The standard InChI is InChI=1S/C10H7BrF2N2S/c1-5-4-15(10(16)14-5)9-7(12)2-6(11)3-8(9)13/h2-4H,1H3,(H,14,16). The molecule has 84 valence electrons. The van der Waals surface area contributed by atoms with Crippen molar-refractivity contribution in [2.24, 2.45) is 0 Å². The Kier molecular flexibility index (Phi) is 2.94. The van der Waals surface area contributed by atoms with Crippen LogP contribution in [0, 0.1) is 23.3 Å². The zero-order valence-corrected chi connectivity index (χ0v) is 10.6. The summed E-state index contributed by atoms with van der Waals surface area (Å²) < 4.78 is 29.2. The summed E-state index contributed by atoms with van der Waals surface area (Å²) >= 11 is 7.99. The number of aromatic amines is 1. The Balaban J connectivity index is 2.74. The maximum absolute atomic E-state index is 13.6. The molecule has 1 aromatic carbocycles. The van der Waals surface area contributed by atoms with Crippen molar-refractivity contribution in [2.45, 2.75) is 6.92 Å². The molecule has 0 saturated heterocycles. The normalized spacial score (nSPS) is 10.8. The van der Waals surface area contributed by atoms with Crippen molar-refractivity contribution in [3.63, 3.8) is 0 Å². The van der Waals surface area contributed by atoms with Crippen LogP contribution in [0.1, 0.15) is 5.69 Å². The van der Waals surface area contributed by atoms with Gasteiger partial charge in [0.2, 0.25) is 0 Å². The van der Waals surface area contributed by atoms with Crippen LogP contribution in [-0.2, 0) is 0 Å². The van der Waals surface area contributed by atoms with Gasteiger partial charge in [0.1, 0.15) is 5.69 Å². The average molecular weight is 305 g/mol. The Labute approximate surface area is 104 Å². The van der Waals surface area contributed by atoms with Crippen molar-refractivity contribution in [2.75, 3.05) is 0 Å². The van der Waals surface area contributed by atoms with Crippen molar-refractivity contribution in [1.82, 2.24) is 9.55 Å². The molecule has 0 amide bonds. The minimum absolute atomic E-state index is 0.169. The monoisotopic (exact) mass is 304 g/mol. The van der Waals surface area contributed by atoms with Gasteiger partial charge in [-0.05, 0) is 31.3 Å². The van der Waals surface area contributed by atoms with E-state index in [1.165, 1.54) is 16.7 Å². The van der Waals surface area contributed by atoms with Crippen LogP contribution in [0.4, 0.5) is 8.78 Å². The molecule has 2 rings (SSSR count). The number of halogens is 3. The molecule has 6 heteroatoms. The topological polar surface area (TPSA) is 20.7 Å². The fourth-order valence-corrected chi connectivity index (χ4v) is 2.15. The van der Waals surface area contributed by atoms with Gasteiger partial charge in [-0.2, -0.15) is 0 Å². The van der Waals surface area contributed by atoms with Crippen LogP contribution in [0.2, 0.25) is 0 Å². The van der Waals surface area contributed by atoms with Crippen LogP contribution < -0.4 is 0 Å². The van der Waals surface area contributed by atoms with Gasteiger partial charge in [0, 0.05) is 16.4 Å². The van der Waals surface area contributed by atoms with Crippen molar-refractivity contribution >= 4 is 28.1 Å². The molecule has 0 spiro atoms. The minimum atomic E-state index is -0.665. The molecule has 2 aromatic rings. The maximum atomic E-state index is 13.6. The zero-order valence-electron chi connectivity index (χ0n) is 8.22. The highest BCUT2D eigenvalue weighted by Crippen LogP contribution is 2.23. The molecule has 1 aromatic heterocycles. The third-order valence-corrected chi connectivity index (χ3v) is 2.82. The van der Waals surface area contributed by atoms with Gasteiger partial charge in [0.05, 0.1) is 0 Å². The fourth-order valence-electron chi connectivity index (χ4n) is 1.44. The fraction of sp³-hybridized carbons (Fsp3) is 0.100. The molecule has 0 fully saturated rings. The predicted octanol–water partition coefficient (Wildman–Crippen LogP) is 3.88. The van der Waals surface area contributed by atoms with Crippen LogP contribution in [0.15, 0.2) is 22.8 Å². The first kappa shape index (κ1) is 11.5. The second kappa shape index (κ2) is 4.10. The third kappa shape index (κ3) is 1.94. The summed E-state index contributed by atoms with van der Waals surface area (Å²) in [5, 5.41) is 0. The van der Waals surface area contributed by atoms with E-state index in [1.807, 2.05) is 0 Å². The number of benzene rings is 1. The molecule has 0 aliphatic heterocycles. The van der Waals surface area contributed by atoms with Gasteiger partial charge in [-0.15, -0.1) is 0 Å². The average Bonchev–Trinajstić information content (AvgIpc) is 2.43. The molecular weight excluding hydrogens is 298 g/mol. The van der Waals surface area contributed by atoms with Gasteiger partial charge < -0.3 is 4.98 Å². The van der Waals surface area contributed by atoms with E-state index < -0.39 is 11.6 Å². The molecule has 2 nitrogen and oxygen atoms in total. The van der Waals surface area contributed by atoms with Gasteiger partial charge in [-0.25, -0.2) is 8.78 Å². The summed E-state index contributed by atoms with van der Waals surface area (Å²) in [4.78, 5) is 2.81. The van der Waals surface area contributed by atoms with E-state index >= 15 is 0 Å². The summed E-state index contributed by atoms with van der Waals surface area (Å²) in [5.74, 6) is -1.33. The van der Waals surface area contributed by atoms with Crippen molar-refractivity contribution in [1.29, 1.82) is 0 Å². The van der Waals surface area contributed by atoms with Crippen LogP contribution in [0.25, 0.3) is 5.69 Å². The zero-order chi connectivity index (χ0) is 11.9. The summed E-state index contributed by atoms with van der Waals surface area (Å²) in [6.07, 6.45) is 1.55. The third-order valence-electron chi connectivity index (χ3n) is 2.07. The summed E-state index contributed by atoms with van der Waals surface area (Å²) in [6.45, 7) is 1.76. The molecule has 0 unspecified atom stereocenters. The van der Waals surface area contributed by atoms with Crippen LogP contribution in [-0.4, -0.2) is 9.55 Å². The lowest BCUT2D eigenvalue weighted by Gasteiger charge is -2.06. The first-order chi connectivity index (χ1) is 7.49. The number of nitrogens with one attached hydrogen (secondary N) is 1. The number of imidazole rings is 1. The Morgan fingerprint density at radius 1 is 1.31 bits per heavy atom. The first-order valence-corrected chi connectivity index (χ1v) is 5.62. The molecule has 0 aliphatic carbocycles. The lowest BCUT2D eigenvalue weighted by atomic mass is 10.3. The molecule has 16 heavy (non-hydrogen) atoms. The smallest absolute Gasteiger partial charge is 0.182 e. The lowest BCUT2D eigenvalue weighted by Crippen LogP contribution is -2.00. The van der Waals surface area contributed by atoms with Gasteiger partial charge >= 0.3 is 0 Å². The van der Waals surface area contributed by atoms with E-state index in [-0.39, 0.29) is 10.5 Å². The maximum Gasteiger partial charge on any atom is 0.182 e. The second-order valence-corrected chi connectivity index (χ2v) is 4.63. The van der Waals surface area contributed by atoms with Crippen LogP contribution >= 0.6 is 28.1 Å². The molecule has 0 saturated carbocycles. The van der Waals surface area contributed by atoms with Crippen LogP contribution in [0.3, 0.4) is 0 Å². The van der Waals surface area contributed by atoms with E-state index in [4.69, 9.17) is 12.2 Å².